The molecule has 10 nitrogen and oxygen atoms in total. The lowest BCUT2D eigenvalue weighted by molar-refractivity contribution is 0.312. The van der Waals surface area contributed by atoms with E-state index in [0.717, 1.165) is 31.9 Å². The molecule has 1 aliphatic carbocycles. The molecule has 1 aromatic carbocycles. The van der Waals surface area contributed by atoms with E-state index in [9.17, 15) is 9.47 Å². The van der Waals surface area contributed by atoms with Crippen molar-refractivity contribution in [1.29, 1.82) is 5.26 Å². The number of pyridine rings is 1. The molecule has 2 aromatic heterocycles. The lowest BCUT2D eigenvalue weighted by atomic mass is 10.1. The zero-order valence-electron chi connectivity index (χ0n) is 21.3. The van der Waals surface area contributed by atoms with Crippen molar-refractivity contribution >= 4 is 44.5 Å². The summed E-state index contributed by atoms with van der Waals surface area (Å²) in [6, 6.07) is 13.8. The minimum Gasteiger partial charge on any atom is -0.369 e. The average molecular weight is 518 g/mol. The first kappa shape index (κ1) is 24.9. The van der Waals surface area contributed by atoms with Gasteiger partial charge in [-0.15, -0.1) is 0 Å². The van der Waals surface area contributed by atoms with E-state index >= 15 is 0 Å². The van der Waals surface area contributed by atoms with Crippen LogP contribution in [0.5, 0.6) is 0 Å². The van der Waals surface area contributed by atoms with Crippen molar-refractivity contribution in [3.05, 3.63) is 53.7 Å². The van der Waals surface area contributed by atoms with Gasteiger partial charge in [-0.1, -0.05) is 6.07 Å². The molecule has 11 heteroatoms. The summed E-state index contributed by atoms with van der Waals surface area (Å²) >= 11 is 0. The Labute approximate surface area is 217 Å². The van der Waals surface area contributed by atoms with Gasteiger partial charge in [0.2, 0.25) is 5.95 Å². The Balaban J connectivity index is 1.38. The Kier molecular flexibility index (Phi) is 6.95. The van der Waals surface area contributed by atoms with Gasteiger partial charge in [-0.3, -0.25) is 0 Å². The molecule has 1 saturated carbocycles. The number of nitrogens with one attached hydrogen (secondary N) is 2. The molecule has 2 fully saturated rings. The molecule has 2 N–H and O–H groups in total. The maximum Gasteiger partial charge on any atom is 0.229 e. The second-order valence-electron chi connectivity index (χ2n) is 9.81. The number of benzene rings is 1. The van der Waals surface area contributed by atoms with E-state index in [-0.39, 0.29) is 5.56 Å². The summed E-state index contributed by atoms with van der Waals surface area (Å²) < 4.78 is 16.2. The average Bonchev–Trinajstić information content (AvgIpc) is 3.70. The SMILES string of the molecule is CN1CCN(c2ccc(Nc3ncc(C#N)c(Nc4cccc(N=S(C)(C)=O)n4)n3)cc2C2CC2)CC1. The minimum absolute atomic E-state index is 0.286. The zero-order chi connectivity index (χ0) is 26.0. The molecule has 0 amide bonds. The second-order valence-corrected chi connectivity index (χ2v) is 12.4. The highest BCUT2D eigenvalue weighted by molar-refractivity contribution is 7.92. The van der Waals surface area contributed by atoms with Crippen LogP contribution in [0.1, 0.15) is 29.9 Å². The number of hydrogen-bond donors (Lipinski definition) is 2. The van der Waals surface area contributed by atoms with E-state index in [0.29, 0.717) is 29.3 Å². The first-order chi connectivity index (χ1) is 17.8. The number of nitrogens with zero attached hydrogens (tertiary/aromatic N) is 7. The molecule has 1 saturated heterocycles. The van der Waals surface area contributed by atoms with Gasteiger partial charge in [-0.05, 0) is 61.7 Å². The second kappa shape index (κ2) is 10.3. The third-order valence-corrected chi connectivity index (χ3v) is 6.98. The van der Waals surface area contributed by atoms with Gasteiger partial charge in [0.1, 0.15) is 17.5 Å². The van der Waals surface area contributed by atoms with Crippen LogP contribution in [-0.4, -0.2) is 69.8 Å². The molecule has 2 aliphatic rings. The van der Waals surface area contributed by atoms with Crippen molar-refractivity contribution in [2.75, 3.05) is 61.3 Å². The summed E-state index contributed by atoms with van der Waals surface area (Å²) in [5.74, 6) is 2.09. The fraction of sp³-hybridized carbons (Fsp3) is 0.385. The van der Waals surface area contributed by atoms with E-state index in [1.54, 1.807) is 30.7 Å². The van der Waals surface area contributed by atoms with E-state index in [2.05, 4.69) is 71.1 Å². The topological polar surface area (TPSA) is 122 Å². The minimum atomic E-state index is -2.35. The van der Waals surface area contributed by atoms with Crippen molar-refractivity contribution in [3.63, 3.8) is 0 Å². The molecular formula is C26H31N9OS. The van der Waals surface area contributed by atoms with Gasteiger partial charge in [0, 0.05) is 59.8 Å². The predicted octanol–water partition coefficient (Wildman–Crippen LogP) is 4.22. The number of rotatable bonds is 7. The predicted molar refractivity (Wildman–Crippen MR) is 148 cm³/mol. The van der Waals surface area contributed by atoms with Crippen molar-refractivity contribution < 1.29 is 4.21 Å². The highest BCUT2D eigenvalue weighted by Gasteiger charge is 2.29. The first-order valence-corrected chi connectivity index (χ1v) is 14.6. The van der Waals surface area contributed by atoms with Gasteiger partial charge in [0.05, 0.1) is 6.20 Å². The van der Waals surface area contributed by atoms with Gasteiger partial charge in [0.25, 0.3) is 0 Å². The molecule has 0 atom stereocenters. The summed E-state index contributed by atoms with van der Waals surface area (Å²) in [4.78, 5) is 18.1. The normalized spacial score (nSPS) is 16.2. The highest BCUT2D eigenvalue weighted by Crippen LogP contribution is 2.45. The largest absolute Gasteiger partial charge is 0.369 e. The fourth-order valence-electron chi connectivity index (χ4n) is 4.33. The maximum atomic E-state index is 12.0. The third kappa shape index (κ3) is 6.34. The Hall–Kier alpha value is -3.75. The number of aromatic nitrogens is 3. The molecule has 192 valence electrons. The Morgan fingerprint density at radius 3 is 2.57 bits per heavy atom. The maximum absolute atomic E-state index is 12.0. The summed E-state index contributed by atoms with van der Waals surface area (Å²) in [6.07, 6.45) is 7.02. The first-order valence-electron chi connectivity index (χ1n) is 12.3. The molecule has 0 unspecified atom stereocenters. The summed E-state index contributed by atoms with van der Waals surface area (Å²) in [5, 5.41) is 16.0. The van der Waals surface area contributed by atoms with E-state index in [1.165, 1.54) is 30.3 Å². The molecule has 1 aliphatic heterocycles. The van der Waals surface area contributed by atoms with Crippen LogP contribution in [-0.2, 0) is 9.73 Å². The van der Waals surface area contributed by atoms with Crippen LogP contribution in [0.3, 0.4) is 0 Å². The molecule has 5 rings (SSSR count). The van der Waals surface area contributed by atoms with Gasteiger partial charge in [0.15, 0.2) is 11.6 Å². The molecule has 0 spiro atoms. The van der Waals surface area contributed by atoms with Crippen molar-refractivity contribution in [2.24, 2.45) is 4.36 Å². The van der Waals surface area contributed by atoms with Crippen LogP contribution in [0.25, 0.3) is 0 Å². The molecular weight excluding hydrogens is 486 g/mol. The van der Waals surface area contributed by atoms with Gasteiger partial charge < -0.3 is 20.4 Å². The third-order valence-electron chi connectivity index (χ3n) is 6.35. The van der Waals surface area contributed by atoms with Crippen LogP contribution < -0.4 is 15.5 Å². The van der Waals surface area contributed by atoms with Gasteiger partial charge >= 0.3 is 0 Å². The zero-order valence-corrected chi connectivity index (χ0v) is 22.1. The number of nitriles is 1. The van der Waals surface area contributed by atoms with Crippen LogP contribution >= 0.6 is 0 Å². The fourth-order valence-corrected chi connectivity index (χ4v) is 4.88. The summed E-state index contributed by atoms with van der Waals surface area (Å²) in [7, 11) is -0.178. The van der Waals surface area contributed by atoms with Gasteiger partial charge in [-0.25, -0.2) is 14.2 Å². The van der Waals surface area contributed by atoms with Crippen LogP contribution in [0.4, 0.5) is 34.8 Å². The summed E-state index contributed by atoms with van der Waals surface area (Å²) in [5.41, 5.74) is 3.89. The summed E-state index contributed by atoms with van der Waals surface area (Å²) in [6.45, 7) is 4.21. The van der Waals surface area contributed by atoms with Gasteiger partial charge in [-0.2, -0.15) is 14.6 Å². The highest BCUT2D eigenvalue weighted by atomic mass is 32.2. The van der Waals surface area contributed by atoms with Crippen molar-refractivity contribution in [2.45, 2.75) is 18.8 Å². The molecule has 3 heterocycles. The van der Waals surface area contributed by atoms with Crippen LogP contribution in [0.15, 0.2) is 47.0 Å². The van der Waals surface area contributed by atoms with E-state index < -0.39 is 9.73 Å². The Morgan fingerprint density at radius 1 is 1.08 bits per heavy atom. The van der Waals surface area contributed by atoms with Crippen LogP contribution in [0.2, 0.25) is 0 Å². The lowest BCUT2D eigenvalue weighted by Gasteiger charge is -2.35. The number of likely N-dealkylation sites (N-methyl/N-ethyl adjacent to an activating group) is 1. The number of hydrogen-bond acceptors (Lipinski definition) is 10. The monoisotopic (exact) mass is 517 g/mol. The van der Waals surface area contributed by atoms with Crippen LogP contribution in [0, 0.1) is 11.3 Å². The Morgan fingerprint density at radius 2 is 1.86 bits per heavy atom. The Bertz CT molecular complexity index is 1460. The number of piperazine rings is 1. The number of anilines is 5. The molecule has 0 bridgehead atoms. The standard InChI is InChI=1S/C26H31N9OS/c1-34-11-13-35(14-12-34)22-10-9-20(15-21(22)18-7-8-18)29-26-28-17-19(16-27)25(32-26)31-23-5-4-6-24(30-23)33-37(2,3)36/h4-6,9-10,15,17-18H,7-8,11-14H2,1-3H3,(H2,28,29,30,31,32). The quantitative estimate of drug-likeness (QED) is 0.474. The molecule has 0 radical (unpaired) electrons. The van der Waals surface area contributed by atoms with Crippen molar-refractivity contribution in [3.8, 4) is 6.07 Å². The van der Waals surface area contributed by atoms with E-state index in [4.69, 9.17) is 0 Å². The molecule has 37 heavy (non-hydrogen) atoms. The van der Waals surface area contributed by atoms with E-state index in [1.807, 2.05) is 0 Å². The smallest absolute Gasteiger partial charge is 0.229 e. The lowest BCUT2D eigenvalue weighted by Crippen LogP contribution is -2.44. The van der Waals surface area contributed by atoms with Crippen molar-refractivity contribution in [1.82, 2.24) is 19.9 Å². The molecule has 3 aromatic rings.